The monoisotopic (exact) mass is 474 g/mol. The number of allylic oxidation sites excluding steroid dienone is 5. The van der Waals surface area contributed by atoms with Gasteiger partial charge in [0.25, 0.3) is 0 Å². The van der Waals surface area contributed by atoms with Crippen LogP contribution in [0.4, 0.5) is 11.4 Å². The number of hydrogen-bond donors (Lipinski definition) is 0. The van der Waals surface area contributed by atoms with E-state index < -0.39 is 0 Å². The average Bonchev–Trinajstić information content (AvgIpc) is 3.20. The topological polar surface area (TPSA) is 8.17 Å². The van der Waals surface area contributed by atoms with Crippen LogP contribution in [0, 0.1) is 20.8 Å². The molecule has 5 rings (SSSR count). The molecular formula is C34H38N2. The zero-order valence-electron chi connectivity index (χ0n) is 22.3. The van der Waals surface area contributed by atoms with Crippen LogP contribution in [-0.4, -0.2) is 11.1 Å². The Hall–Kier alpha value is -3.78. The van der Waals surface area contributed by atoms with Crippen LogP contribution in [0.1, 0.15) is 42.7 Å². The molecule has 2 nitrogen and oxygen atoms in total. The summed E-state index contributed by atoms with van der Waals surface area (Å²) in [6.45, 7) is 11.6. The van der Waals surface area contributed by atoms with Crippen LogP contribution in [0.5, 0.6) is 0 Å². The van der Waals surface area contributed by atoms with Gasteiger partial charge < -0.3 is 9.47 Å². The first kappa shape index (κ1) is 25.3. The van der Waals surface area contributed by atoms with E-state index in [0.29, 0.717) is 0 Å². The summed E-state index contributed by atoms with van der Waals surface area (Å²) in [4.78, 5) is 2.43. The van der Waals surface area contributed by atoms with E-state index in [1.807, 2.05) is 6.92 Å². The summed E-state index contributed by atoms with van der Waals surface area (Å²) in [5.41, 5.74) is 10.3. The standard InChI is InChI=1S/C29H28N2.C5H10/c1-21-18-25(30-17-11-5-4-6-12-24-13-7-9-15-28(24)30)20-26(19-21)31-23(3)22(2)27-14-8-10-16-29(27)31;1-3-5-4-2/h4-11,13-16,18-20H,12,17H2,1-3H3;3,5H,4H2,1-2H3/b6-4-,11-5-;5-3-. The van der Waals surface area contributed by atoms with Crippen molar-refractivity contribution in [3.8, 4) is 5.69 Å². The van der Waals surface area contributed by atoms with E-state index in [2.05, 4.69) is 140 Å². The molecule has 0 N–H and O–H groups in total. The summed E-state index contributed by atoms with van der Waals surface area (Å²) >= 11 is 0. The van der Waals surface area contributed by atoms with E-state index in [4.69, 9.17) is 0 Å². The molecule has 36 heavy (non-hydrogen) atoms. The van der Waals surface area contributed by atoms with Crippen molar-refractivity contribution in [2.24, 2.45) is 0 Å². The Bertz CT molecular complexity index is 1410. The molecule has 1 aromatic heterocycles. The Morgan fingerprint density at radius 1 is 0.833 bits per heavy atom. The fourth-order valence-electron chi connectivity index (χ4n) is 4.93. The van der Waals surface area contributed by atoms with Crippen LogP contribution >= 0.6 is 0 Å². The highest BCUT2D eigenvalue weighted by atomic mass is 15.1. The number of para-hydroxylation sites is 2. The number of anilines is 2. The van der Waals surface area contributed by atoms with Gasteiger partial charge in [0.2, 0.25) is 0 Å². The third kappa shape index (κ3) is 5.39. The number of aromatic nitrogens is 1. The first-order valence-corrected chi connectivity index (χ1v) is 13.0. The number of hydrogen-bond acceptors (Lipinski definition) is 1. The predicted octanol–water partition coefficient (Wildman–Crippen LogP) is 9.33. The van der Waals surface area contributed by atoms with Gasteiger partial charge in [0.15, 0.2) is 0 Å². The molecule has 0 spiro atoms. The highest BCUT2D eigenvalue weighted by Gasteiger charge is 2.16. The Morgan fingerprint density at radius 3 is 2.33 bits per heavy atom. The van der Waals surface area contributed by atoms with Crippen LogP contribution in [0.2, 0.25) is 0 Å². The summed E-state index contributed by atoms with van der Waals surface area (Å²) in [6, 6.07) is 24.4. The summed E-state index contributed by atoms with van der Waals surface area (Å²) in [5.74, 6) is 0. The van der Waals surface area contributed by atoms with E-state index in [1.165, 1.54) is 50.3 Å². The predicted molar refractivity (Wildman–Crippen MR) is 158 cm³/mol. The molecule has 0 saturated carbocycles. The lowest BCUT2D eigenvalue weighted by molar-refractivity contribution is 1.02. The lowest BCUT2D eigenvalue weighted by atomic mass is 10.1. The van der Waals surface area contributed by atoms with Gasteiger partial charge in [-0.15, -0.1) is 0 Å². The molecule has 0 saturated heterocycles. The lowest BCUT2D eigenvalue weighted by Crippen LogP contribution is -2.19. The third-order valence-corrected chi connectivity index (χ3v) is 6.81. The van der Waals surface area contributed by atoms with Crippen molar-refractivity contribution < 1.29 is 0 Å². The first-order valence-electron chi connectivity index (χ1n) is 13.0. The molecule has 2 heteroatoms. The molecule has 0 aliphatic carbocycles. The lowest BCUT2D eigenvalue weighted by Gasteiger charge is -2.27. The molecule has 1 aliphatic heterocycles. The van der Waals surface area contributed by atoms with Gasteiger partial charge in [-0.25, -0.2) is 0 Å². The second-order valence-electron chi connectivity index (χ2n) is 9.37. The summed E-state index contributed by atoms with van der Waals surface area (Å²) in [5, 5.41) is 1.32. The van der Waals surface area contributed by atoms with Gasteiger partial charge in [-0.1, -0.05) is 79.8 Å². The van der Waals surface area contributed by atoms with E-state index >= 15 is 0 Å². The number of fused-ring (bicyclic) bond motifs is 2. The Labute approximate surface area is 216 Å². The Morgan fingerprint density at radius 2 is 1.56 bits per heavy atom. The molecule has 3 aromatic carbocycles. The highest BCUT2D eigenvalue weighted by Crippen LogP contribution is 2.34. The quantitative estimate of drug-likeness (QED) is 0.269. The molecular weight excluding hydrogens is 436 g/mol. The van der Waals surface area contributed by atoms with Gasteiger partial charge in [-0.2, -0.15) is 0 Å². The first-order chi connectivity index (χ1) is 17.5. The molecule has 4 aromatic rings. The smallest absolute Gasteiger partial charge is 0.0534 e. The van der Waals surface area contributed by atoms with E-state index in [0.717, 1.165) is 19.4 Å². The van der Waals surface area contributed by atoms with E-state index in [1.54, 1.807) is 0 Å². The number of aryl methyl sites for hydroxylation is 2. The van der Waals surface area contributed by atoms with Gasteiger partial charge >= 0.3 is 0 Å². The molecule has 0 unspecified atom stereocenters. The second-order valence-corrected chi connectivity index (χ2v) is 9.37. The van der Waals surface area contributed by atoms with Gasteiger partial charge in [0.1, 0.15) is 0 Å². The van der Waals surface area contributed by atoms with Crippen molar-refractivity contribution in [3.05, 3.63) is 126 Å². The zero-order chi connectivity index (χ0) is 25.5. The molecule has 0 radical (unpaired) electrons. The largest absolute Gasteiger partial charge is 0.337 e. The molecule has 1 aliphatic rings. The normalized spacial score (nSPS) is 15.0. The highest BCUT2D eigenvalue weighted by molar-refractivity contribution is 5.87. The van der Waals surface area contributed by atoms with Crippen LogP contribution in [0.25, 0.3) is 16.6 Å². The average molecular weight is 475 g/mol. The van der Waals surface area contributed by atoms with Gasteiger partial charge in [-0.05, 0) is 87.6 Å². The van der Waals surface area contributed by atoms with E-state index in [9.17, 15) is 0 Å². The Balaban J connectivity index is 0.000000556. The minimum absolute atomic E-state index is 0.842. The minimum Gasteiger partial charge on any atom is -0.337 e. The van der Waals surface area contributed by atoms with Crippen LogP contribution in [0.15, 0.2) is 103 Å². The van der Waals surface area contributed by atoms with Crippen molar-refractivity contribution in [1.82, 2.24) is 4.57 Å². The number of benzene rings is 3. The maximum atomic E-state index is 2.43. The van der Waals surface area contributed by atoms with Gasteiger partial charge in [-0.3, -0.25) is 0 Å². The third-order valence-electron chi connectivity index (χ3n) is 6.81. The number of rotatable bonds is 3. The van der Waals surface area contributed by atoms with Crippen molar-refractivity contribution in [2.75, 3.05) is 11.4 Å². The fourth-order valence-corrected chi connectivity index (χ4v) is 4.93. The van der Waals surface area contributed by atoms with Gasteiger partial charge in [0, 0.05) is 34.7 Å². The van der Waals surface area contributed by atoms with Crippen molar-refractivity contribution in [1.29, 1.82) is 0 Å². The fraction of sp³-hybridized carbons (Fsp3) is 0.235. The second kappa shape index (κ2) is 11.8. The molecule has 0 amide bonds. The van der Waals surface area contributed by atoms with Crippen molar-refractivity contribution in [3.63, 3.8) is 0 Å². The van der Waals surface area contributed by atoms with Crippen LogP contribution < -0.4 is 4.90 Å². The van der Waals surface area contributed by atoms with Gasteiger partial charge in [0.05, 0.1) is 5.52 Å². The Kier molecular flexibility index (Phi) is 8.28. The van der Waals surface area contributed by atoms with Crippen LogP contribution in [-0.2, 0) is 6.42 Å². The summed E-state index contributed by atoms with van der Waals surface area (Å²) < 4.78 is 2.40. The molecule has 0 fully saturated rings. The van der Waals surface area contributed by atoms with Crippen molar-refractivity contribution in [2.45, 2.75) is 47.5 Å². The maximum Gasteiger partial charge on any atom is 0.0534 e. The zero-order valence-corrected chi connectivity index (χ0v) is 22.3. The van der Waals surface area contributed by atoms with Crippen molar-refractivity contribution >= 4 is 22.3 Å². The summed E-state index contributed by atoms with van der Waals surface area (Å²) in [6.07, 6.45) is 15.1. The van der Waals surface area contributed by atoms with Crippen LogP contribution in [0.3, 0.4) is 0 Å². The number of nitrogens with zero attached hydrogens (tertiary/aromatic N) is 2. The maximum absolute atomic E-state index is 2.43. The molecule has 2 heterocycles. The minimum atomic E-state index is 0.842. The summed E-state index contributed by atoms with van der Waals surface area (Å²) in [7, 11) is 0. The SMILES string of the molecule is C/C=C\CC.Cc1cc(N2C/C=C\C=C/Cc3ccccc32)cc(-n2c(C)c(C)c3ccccc32)c1. The molecule has 0 atom stereocenters. The van der Waals surface area contributed by atoms with E-state index in [-0.39, 0.29) is 0 Å². The molecule has 0 bridgehead atoms. The molecule has 184 valence electrons.